The Hall–Kier alpha value is -1.76. The molecular formula is C18H26N6. The Bertz CT molecular complexity index is 659. The van der Waals surface area contributed by atoms with Crippen LogP contribution in [0, 0.1) is 0 Å². The predicted octanol–water partition coefficient (Wildman–Crippen LogP) is 1.04. The summed E-state index contributed by atoms with van der Waals surface area (Å²) in [4.78, 5) is 16.2. The van der Waals surface area contributed by atoms with Crippen molar-refractivity contribution >= 4 is 0 Å². The minimum absolute atomic E-state index is 0.936. The average Bonchev–Trinajstić information content (AvgIpc) is 3.00. The smallest absolute Gasteiger partial charge is 0.123 e. The first-order chi connectivity index (χ1) is 11.8. The van der Waals surface area contributed by atoms with Crippen LogP contribution in [0.5, 0.6) is 0 Å². The molecule has 24 heavy (non-hydrogen) atoms. The number of imidazole rings is 1. The van der Waals surface area contributed by atoms with Gasteiger partial charge in [0.1, 0.15) is 5.82 Å². The summed E-state index contributed by atoms with van der Waals surface area (Å²) < 4.78 is 2.43. The lowest BCUT2D eigenvalue weighted by Gasteiger charge is -2.33. The average molecular weight is 326 g/mol. The quantitative estimate of drug-likeness (QED) is 0.840. The number of rotatable bonds is 4. The van der Waals surface area contributed by atoms with E-state index in [0.717, 1.165) is 45.8 Å². The Balaban J connectivity index is 1.38. The molecule has 6 nitrogen and oxygen atoms in total. The molecule has 4 rings (SSSR count). The lowest BCUT2D eigenvalue weighted by atomic mass is 10.2. The first kappa shape index (κ1) is 15.7. The molecule has 0 aliphatic carbocycles. The summed E-state index contributed by atoms with van der Waals surface area (Å²) in [6.07, 6.45) is 5.83. The van der Waals surface area contributed by atoms with Crippen LogP contribution in [0.4, 0.5) is 0 Å². The second kappa shape index (κ2) is 7.01. The van der Waals surface area contributed by atoms with Gasteiger partial charge >= 0.3 is 0 Å². The Kier molecular flexibility index (Phi) is 4.60. The van der Waals surface area contributed by atoms with E-state index >= 15 is 0 Å². The topological polar surface area (TPSA) is 40.4 Å². The fourth-order valence-electron chi connectivity index (χ4n) is 3.62. The van der Waals surface area contributed by atoms with Gasteiger partial charge in [-0.3, -0.25) is 14.8 Å². The van der Waals surface area contributed by atoms with E-state index < -0.39 is 0 Å². The van der Waals surface area contributed by atoms with Crippen molar-refractivity contribution in [2.24, 2.45) is 0 Å². The van der Waals surface area contributed by atoms with Crippen molar-refractivity contribution in [1.82, 2.24) is 29.2 Å². The standard InChI is InChI=1S/C18H26N6/c1-21-6-8-22(9-7-21)14-17-12-20-18-15-23(10-11-24(17)18)13-16-2-4-19-5-3-16/h2-5,12H,6-11,13-15H2,1H3. The molecule has 0 atom stereocenters. The molecule has 2 aromatic heterocycles. The maximum absolute atomic E-state index is 4.70. The molecule has 0 amide bonds. The number of aromatic nitrogens is 3. The third-order valence-corrected chi connectivity index (χ3v) is 5.16. The first-order valence-corrected chi connectivity index (χ1v) is 8.83. The van der Waals surface area contributed by atoms with E-state index in [0.29, 0.717) is 0 Å². The number of hydrogen-bond acceptors (Lipinski definition) is 5. The lowest BCUT2D eigenvalue weighted by molar-refractivity contribution is 0.143. The fraction of sp³-hybridized carbons (Fsp3) is 0.556. The maximum Gasteiger partial charge on any atom is 0.123 e. The van der Waals surface area contributed by atoms with E-state index in [-0.39, 0.29) is 0 Å². The van der Waals surface area contributed by atoms with Crippen LogP contribution in [-0.2, 0) is 26.2 Å². The van der Waals surface area contributed by atoms with Crippen LogP contribution < -0.4 is 0 Å². The third-order valence-electron chi connectivity index (χ3n) is 5.16. The van der Waals surface area contributed by atoms with E-state index in [2.05, 4.69) is 49.6 Å². The Labute approximate surface area is 143 Å². The van der Waals surface area contributed by atoms with Crippen molar-refractivity contribution in [1.29, 1.82) is 0 Å². The summed E-state index contributed by atoms with van der Waals surface area (Å²) >= 11 is 0. The van der Waals surface area contributed by atoms with Crippen LogP contribution in [-0.4, -0.2) is 69.0 Å². The number of likely N-dealkylation sites (N-methyl/N-ethyl adjacent to an activating group) is 1. The van der Waals surface area contributed by atoms with Crippen molar-refractivity contribution in [3.05, 3.63) is 47.8 Å². The summed E-state index contributed by atoms with van der Waals surface area (Å²) in [5, 5.41) is 0. The molecule has 0 saturated carbocycles. The van der Waals surface area contributed by atoms with Gasteiger partial charge in [0, 0.05) is 70.9 Å². The number of pyridine rings is 1. The molecule has 0 N–H and O–H groups in total. The van der Waals surface area contributed by atoms with Gasteiger partial charge in [-0.25, -0.2) is 4.98 Å². The number of hydrogen-bond donors (Lipinski definition) is 0. The van der Waals surface area contributed by atoms with Gasteiger partial charge in [-0.05, 0) is 24.7 Å². The highest BCUT2D eigenvalue weighted by Gasteiger charge is 2.22. The van der Waals surface area contributed by atoms with E-state index in [1.807, 2.05) is 12.4 Å². The fourth-order valence-corrected chi connectivity index (χ4v) is 3.62. The molecule has 2 aromatic rings. The highest BCUT2D eigenvalue weighted by atomic mass is 15.3. The van der Waals surface area contributed by atoms with Crippen molar-refractivity contribution in [2.45, 2.75) is 26.2 Å². The van der Waals surface area contributed by atoms with Gasteiger partial charge in [-0.1, -0.05) is 0 Å². The van der Waals surface area contributed by atoms with Crippen molar-refractivity contribution in [3.63, 3.8) is 0 Å². The molecule has 128 valence electrons. The van der Waals surface area contributed by atoms with Gasteiger partial charge in [0.25, 0.3) is 0 Å². The lowest BCUT2D eigenvalue weighted by Crippen LogP contribution is -2.44. The van der Waals surface area contributed by atoms with Crippen LogP contribution in [0.1, 0.15) is 17.1 Å². The van der Waals surface area contributed by atoms with E-state index in [1.54, 1.807) is 0 Å². The molecule has 2 aliphatic heterocycles. The van der Waals surface area contributed by atoms with E-state index in [1.165, 1.54) is 30.2 Å². The Morgan fingerprint density at radius 1 is 0.917 bits per heavy atom. The summed E-state index contributed by atoms with van der Waals surface area (Å²) in [5.41, 5.74) is 2.70. The summed E-state index contributed by atoms with van der Waals surface area (Å²) in [7, 11) is 2.20. The first-order valence-electron chi connectivity index (χ1n) is 8.83. The monoisotopic (exact) mass is 326 g/mol. The van der Waals surface area contributed by atoms with Gasteiger partial charge in [-0.2, -0.15) is 0 Å². The highest BCUT2D eigenvalue weighted by Crippen LogP contribution is 2.18. The van der Waals surface area contributed by atoms with Crippen LogP contribution >= 0.6 is 0 Å². The van der Waals surface area contributed by atoms with E-state index in [4.69, 9.17) is 4.98 Å². The third kappa shape index (κ3) is 3.50. The van der Waals surface area contributed by atoms with Gasteiger partial charge in [-0.15, -0.1) is 0 Å². The van der Waals surface area contributed by atoms with Gasteiger partial charge in [0.15, 0.2) is 0 Å². The molecular weight excluding hydrogens is 300 g/mol. The number of piperazine rings is 1. The van der Waals surface area contributed by atoms with Gasteiger partial charge in [0.2, 0.25) is 0 Å². The molecule has 1 fully saturated rings. The molecule has 0 aromatic carbocycles. The Morgan fingerprint density at radius 2 is 1.67 bits per heavy atom. The number of fused-ring (bicyclic) bond motifs is 1. The zero-order chi connectivity index (χ0) is 16.4. The van der Waals surface area contributed by atoms with Crippen LogP contribution in [0.3, 0.4) is 0 Å². The van der Waals surface area contributed by atoms with Crippen LogP contribution in [0.25, 0.3) is 0 Å². The zero-order valence-corrected chi connectivity index (χ0v) is 14.4. The van der Waals surface area contributed by atoms with Crippen LogP contribution in [0.2, 0.25) is 0 Å². The largest absolute Gasteiger partial charge is 0.328 e. The summed E-state index contributed by atoms with van der Waals surface area (Å²) in [5.74, 6) is 1.21. The normalized spacial score (nSPS) is 20.2. The second-order valence-corrected chi connectivity index (χ2v) is 6.96. The summed E-state index contributed by atoms with van der Waals surface area (Å²) in [6, 6.07) is 4.19. The van der Waals surface area contributed by atoms with E-state index in [9.17, 15) is 0 Å². The van der Waals surface area contributed by atoms with Crippen molar-refractivity contribution in [2.75, 3.05) is 39.8 Å². The maximum atomic E-state index is 4.70. The molecule has 1 saturated heterocycles. The van der Waals surface area contributed by atoms with Gasteiger partial charge < -0.3 is 9.47 Å². The van der Waals surface area contributed by atoms with Crippen molar-refractivity contribution in [3.8, 4) is 0 Å². The molecule has 2 aliphatic rings. The molecule has 0 spiro atoms. The molecule has 0 radical (unpaired) electrons. The molecule has 0 bridgehead atoms. The molecule has 0 unspecified atom stereocenters. The van der Waals surface area contributed by atoms with Crippen molar-refractivity contribution < 1.29 is 0 Å². The molecule has 4 heterocycles. The SMILES string of the molecule is CN1CCN(Cc2cnc3n2CCN(Cc2ccncc2)C3)CC1. The minimum atomic E-state index is 0.936. The number of nitrogens with zero attached hydrogens (tertiary/aromatic N) is 6. The highest BCUT2D eigenvalue weighted by molar-refractivity contribution is 5.12. The zero-order valence-electron chi connectivity index (χ0n) is 14.4. The second-order valence-electron chi connectivity index (χ2n) is 6.96. The predicted molar refractivity (Wildman–Crippen MR) is 93.4 cm³/mol. The van der Waals surface area contributed by atoms with Crippen LogP contribution in [0.15, 0.2) is 30.7 Å². The minimum Gasteiger partial charge on any atom is -0.328 e. The Morgan fingerprint density at radius 3 is 2.46 bits per heavy atom. The van der Waals surface area contributed by atoms with Gasteiger partial charge in [0.05, 0.1) is 12.2 Å². The molecule has 6 heteroatoms. The summed E-state index contributed by atoms with van der Waals surface area (Å²) in [6.45, 7) is 9.72.